The highest BCUT2D eigenvalue weighted by molar-refractivity contribution is 5.40. The first-order valence-corrected chi connectivity index (χ1v) is 7.69. The molecule has 1 atom stereocenters. The summed E-state index contributed by atoms with van der Waals surface area (Å²) < 4.78 is 10.5. The Bertz CT molecular complexity index is 399. The van der Waals surface area contributed by atoms with Crippen molar-refractivity contribution < 1.29 is 9.47 Å². The Labute approximate surface area is 128 Å². The van der Waals surface area contributed by atoms with E-state index in [1.807, 2.05) is 0 Å². The third-order valence-corrected chi connectivity index (χ3v) is 3.22. The molecular formula is C16H29N3O2. The van der Waals surface area contributed by atoms with Gasteiger partial charge in [-0.1, -0.05) is 20.3 Å². The highest BCUT2D eigenvalue weighted by Crippen LogP contribution is 2.12. The van der Waals surface area contributed by atoms with E-state index in [0.29, 0.717) is 13.2 Å². The second kappa shape index (κ2) is 10.5. The van der Waals surface area contributed by atoms with Crippen molar-refractivity contribution in [2.24, 2.45) is 0 Å². The third-order valence-electron chi connectivity index (χ3n) is 3.22. The maximum atomic E-state index is 5.36. The van der Waals surface area contributed by atoms with E-state index in [1.165, 1.54) is 5.56 Å². The maximum Gasteiger partial charge on any atom is 0.126 e. The Hall–Kier alpha value is -1.17. The summed E-state index contributed by atoms with van der Waals surface area (Å²) in [5.74, 6) is 0.909. The Kier molecular flexibility index (Phi) is 8.98. The van der Waals surface area contributed by atoms with Gasteiger partial charge in [0.25, 0.3) is 0 Å². The molecule has 21 heavy (non-hydrogen) atoms. The number of anilines is 1. The number of ether oxygens (including phenoxy) is 2. The van der Waals surface area contributed by atoms with E-state index in [4.69, 9.17) is 9.47 Å². The lowest BCUT2D eigenvalue weighted by atomic mass is 10.1. The van der Waals surface area contributed by atoms with E-state index in [9.17, 15) is 0 Å². The molecule has 0 radical (unpaired) electrons. The SMILES string of the molecule is CCCc1cc(CNCC)cc(NCC(COC)OC)n1. The third kappa shape index (κ3) is 6.89. The fourth-order valence-electron chi connectivity index (χ4n) is 2.11. The normalized spacial score (nSPS) is 12.4. The van der Waals surface area contributed by atoms with Crippen LogP contribution in [0.25, 0.3) is 0 Å². The number of nitrogens with one attached hydrogen (secondary N) is 2. The van der Waals surface area contributed by atoms with E-state index >= 15 is 0 Å². The van der Waals surface area contributed by atoms with Gasteiger partial charge in [0.2, 0.25) is 0 Å². The van der Waals surface area contributed by atoms with Gasteiger partial charge in [-0.3, -0.25) is 0 Å². The van der Waals surface area contributed by atoms with Gasteiger partial charge in [0, 0.05) is 33.0 Å². The van der Waals surface area contributed by atoms with Crippen LogP contribution in [0, 0.1) is 0 Å². The van der Waals surface area contributed by atoms with E-state index in [-0.39, 0.29) is 6.10 Å². The average Bonchev–Trinajstić information content (AvgIpc) is 2.49. The smallest absolute Gasteiger partial charge is 0.126 e. The number of pyridine rings is 1. The zero-order chi connectivity index (χ0) is 15.5. The molecule has 0 spiro atoms. The Morgan fingerprint density at radius 1 is 1.24 bits per heavy atom. The van der Waals surface area contributed by atoms with Crippen LogP contribution in [-0.4, -0.2) is 45.0 Å². The largest absolute Gasteiger partial charge is 0.382 e. The van der Waals surface area contributed by atoms with Crippen LogP contribution in [0.2, 0.25) is 0 Å². The van der Waals surface area contributed by atoms with Crippen molar-refractivity contribution in [3.63, 3.8) is 0 Å². The first-order valence-electron chi connectivity index (χ1n) is 7.69. The van der Waals surface area contributed by atoms with Crippen molar-refractivity contribution >= 4 is 5.82 Å². The molecular weight excluding hydrogens is 266 g/mol. The minimum Gasteiger partial charge on any atom is -0.382 e. The molecule has 1 heterocycles. The number of aromatic nitrogens is 1. The summed E-state index contributed by atoms with van der Waals surface area (Å²) >= 11 is 0. The first kappa shape index (κ1) is 17.9. The summed E-state index contributed by atoms with van der Waals surface area (Å²) in [5.41, 5.74) is 2.40. The molecule has 1 unspecified atom stereocenters. The molecule has 1 aromatic rings. The van der Waals surface area contributed by atoms with Crippen molar-refractivity contribution in [3.05, 3.63) is 23.4 Å². The van der Waals surface area contributed by atoms with E-state index in [2.05, 4.69) is 41.6 Å². The van der Waals surface area contributed by atoms with Crippen LogP contribution in [0.5, 0.6) is 0 Å². The number of rotatable bonds is 11. The average molecular weight is 295 g/mol. The summed E-state index contributed by atoms with van der Waals surface area (Å²) in [5, 5.41) is 6.71. The quantitative estimate of drug-likeness (QED) is 0.655. The van der Waals surface area contributed by atoms with Gasteiger partial charge in [0.1, 0.15) is 5.82 Å². The molecule has 1 aromatic heterocycles. The van der Waals surface area contributed by atoms with Gasteiger partial charge < -0.3 is 20.1 Å². The van der Waals surface area contributed by atoms with Crippen LogP contribution in [0.3, 0.4) is 0 Å². The Balaban J connectivity index is 2.71. The zero-order valence-corrected chi connectivity index (χ0v) is 13.7. The van der Waals surface area contributed by atoms with Crippen LogP contribution in [0.4, 0.5) is 5.82 Å². The number of nitrogens with zero attached hydrogens (tertiary/aromatic N) is 1. The summed E-state index contributed by atoms with van der Waals surface area (Å²) in [7, 11) is 3.38. The lowest BCUT2D eigenvalue weighted by Gasteiger charge is -2.16. The van der Waals surface area contributed by atoms with Crippen LogP contribution in [-0.2, 0) is 22.4 Å². The minimum absolute atomic E-state index is 0.0313. The summed E-state index contributed by atoms with van der Waals surface area (Å²) in [6.07, 6.45) is 2.13. The van der Waals surface area contributed by atoms with Gasteiger partial charge in [-0.25, -0.2) is 4.98 Å². The van der Waals surface area contributed by atoms with Gasteiger partial charge in [-0.15, -0.1) is 0 Å². The molecule has 0 saturated carbocycles. The van der Waals surface area contributed by atoms with E-state index in [1.54, 1.807) is 14.2 Å². The molecule has 0 bridgehead atoms. The summed E-state index contributed by atoms with van der Waals surface area (Å²) in [6, 6.07) is 4.28. The fourth-order valence-corrected chi connectivity index (χ4v) is 2.11. The van der Waals surface area contributed by atoms with Crippen LogP contribution < -0.4 is 10.6 Å². The number of aryl methyl sites for hydroxylation is 1. The van der Waals surface area contributed by atoms with Crippen molar-refractivity contribution in [1.29, 1.82) is 0 Å². The minimum atomic E-state index is 0.0313. The molecule has 5 nitrogen and oxygen atoms in total. The molecule has 0 amide bonds. The second-order valence-electron chi connectivity index (χ2n) is 5.08. The molecule has 5 heteroatoms. The molecule has 2 N–H and O–H groups in total. The Morgan fingerprint density at radius 3 is 2.67 bits per heavy atom. The number of methoxy groups -OCH3 is 2. The van der Waals surface area contributed by atoms with Gasteiger partial charge in [-0.05, 0) is 30.7 Å². The van der Waals surface area contributed by atoms with Gasteiger partial charge >= 0.3 is 0 Å². The van der Waals surface area contributed by atoms with Crippen molar-refractivity contribution in [3.8, 4) is 0 Å². The topological polar surface area (TPSA) is 55.4 Å². The predicted octanol–water partition coefficient (Wildman–Crippen LogP) is 2.22. The molecule has 0 fully saturated rings. The van der Waals surface area contributed by atoms with E-state index < -0.39 is 0 Å². The summed E-state index contributed by atoms with van der Waals surface area (Å²) in [6.45, 7) is 7.38. The van der Waals surface area contributed by atoms with Gasteiger partial charge in [0.15, 0.2) is 0 Å². The predicted molar refractivity (Wildman–Crippen MR) is 86.8 cm³/mol. The zero-order valence-electron chi connectivity index (χ0n) is 13.7. The lowest BCUT2D eigenvalue weighted by Crippen LogP contribution is -2.27. The molecule has 120 valence electrons. The standard InChI is InChI=1S/C16H29N3O2/c1-5-7-14-8-13(10-17-6-2)9-16(19-14)18-11-15(21-4)12-20-3/h8-9,15,17H,5-7,10-12H2,1-4H3,(H,18,19). The molecule has 0 aromatic carbocycles. The molecule has 0 aliphatic rings. The molecule has 0 aliphatic carbocycles. The van der Waals surface area contributed by atoms with Crippen molar-refractivity contribution in [2.75, 3.05) is 39.2 Å². The first-order chi connectivity index (χ1) is 10.2. The molecule has 0 saturated heterocycles. The van der Waals surface area contributed by atoms with Gasteiger partial charge in [-0.2, -0.15) is 0 Å². The maximum absolute atomic E-state index is 5.36. The molecule has 0 aliphatic heterocycles. The van der Waals surface area contributed by atoms with Crippen molar-refractivity contribution in [2.45, 2.75) is 39.3 Å². The van der Waals surface area contributed by atoms with Crippen LogP contribution >= 0.6 is 0 Å². The Morgan fingerprint density at radius 2 is 2.05 bits per heavy atom. The number of hydrogen-bond donors (Lipinski definition) is 2. The van der Waals surface area contributed by atoms with Crippen LogP contribution in [0.15, 0.2) is 12.1 Å². The van der Waals surface area contributed by atoms with Crippen LogP contribution in [0.1, 0.15) is 31.5 Å². The second-order valence-corrected chi connectivity index (χ2v) is 5.08. The van der Waals surface area contributed by atoms with Crippen molar-refractivity contribution in [1.82, 2.24) is 10.3 Å². The number of hydrogen-bond acceptors (Lipinski definition) is 5. The highest BCUT2D eigenvalue weighted by Gasteiger charge is 2.08. The molecule has 1 rings (SSSR count). The van der Waals surface area contributed by atoms with E-state index in [0.717, 1.165) is 37.4 Å². The van der Waals surface area contributed by atoms with Gasteiger partial charge in [0.05, 0.1) is 12.7 Å². The highest BCUT2D eigenvalue weighted by atomic mass is 16.5. The monoisotopic (exact) mass is 295 g/mol. The summed E-state index contributed by atoms with van der Waals surface area (Å²) in [4.78, 5) is 4.66. The lowest BCUT2D eigenvalue weighted by molar-refractivity contribution is 0.0365. The fraction of sp³-hybridized carbons (Fsp3) is 0.688.